The molecule has 10 heteroatoms. The van der Waals surface area contributed by atoms with Gasteiger partial charge in [-0.1, -0.05) is 24.3 Å². The van der Waals surface area contributed by atoms with Crippen molar-refractivity contribution < 1.29 is 32.7 Å². The Morgan fingerprint density at radius 2 is 1.56 bits per heavy atom. The molecule has 1 aliphatic carbocycles. The van der Waals surface area contributed by atoms with Gasteiger partial charge in [0.2, 0.25) is 11.8 Å². The van der Waals surface area contributed by atoms with Crippen LogP contribution in [-0.2, 0) is 19.8 Å². The highest BCUT2D eigenvalue weighted by atomic mass is 19.4. The minimum Gasteiger partial charge on any atom is -0.475 e. The number of carboxylic acids is 1. The van der Waals surface area contributed by atoms with E-state index in [0.717, 1.165) is 58.5 Å². The van der Waals surface area contributed by atoms with E-state index in [1.54, 1.807) is 6.92 Å². The normalized spacial score (nSPS) is 22.1. The van der Waals surface area contributed by atoms with Gasteiger partial charge in [0.15, 0.2) is 0 Å². The number of halogens is 3. The molecular formula is C24H32F3N3O4. The molecule has 1 unspecified atom stereocenters. The lowest BCUT2D eigenvalue weighted by Crippen LogP contribution is -2.47. The Kier molecular flexibility index (Phi) is 7.90. The number of amides is 2. The van der Waals surface area contributed by atoms with Crippen LogP contribution in [0.1, 0.15) is 49.7 Å². The number of alkyl halides is 3. The molecule has 1 atom stereocenters. The predicted molar refractivity (Wildman–Crippen MR) is 119 cm³/mol. The van der Waals surface area contributed by atoms with Crippen molar-refractivity contribution in [3.8, 4) is 0 Å². The van der Waals surface area contributed by atoms with Crippen LogP contribution in [-0.4, -0.2) is 90.1 Å². The lowest BCUT2D eigenvalue weighted by molar-refractivity contribution is -0.192. The van der Waals surface area contributed by atoms with E-state index in [-0.39, 0.29) is 11.3 Å². The van der Waals surface area contributed by atoms with Crippen molar-refractivity contribution in [2.45, 2.75) is 50.1 Å². The van der Waals surface area contributed by atoms with Crippen LogP contribution in [0.2, 0.25) is 0 Å². The molecule has 34 heavy (non-hydrogen) atoms. The highest BCUT2D eigenvalue weighted by Gasteiger charge is 2.46. The summed E-state index contributed by atoms with van der Waals surface area (Å²) in [6.07, 6.45) is -1.37. The van der Waals surface area contributed by atoms with Crippen LogP contribution in [0.5, 0.6) is 0 Å². The van der Waals surface area contributed by atoms with Gasteiger partial charge in [0.05, 0.1) is 0 Å². The van der Waals surface area contributed by atoms with Gasteiger partial charge in [0, 0.05) is 52.6 Å². The molecule has 1 N–H and O–H groups in total. The third kappa shape index (κ3) is 5.89. The molecule has 2 amide bonds. The number of benzene rings is 1. The summed E-state index contributed by atoms with van der Waals surface area (Å²) < 4.78 is 31.7. The minimum atomic E-state index is -5.08. The topological polar surface area (TPSA) is 81.2 Å². The van der Waals surface area contributed by atoms with Crippen LogP contribution in [0.3, 0.4) is 0 Å². The Balaban J connectivity index is 0.000000406. The lowest BCUT2D eigenvalue weighted by Gasteiger charge is -2.40. The zero-order valence-corrected chi connectivity index (χ0v) is 19.6. The van der Waals surface area contributed by atoms with Gasteiger partial charge in [0.1, 0.15) is 0 Å². The van der Waals surface area contributed by atoms with Crippen LogP contribution < -0.4 is 0 Å². The van der Waals surface area contributed by atoms with Crippen molar-refractivity contribution in [2.24, 2.45) is 0 Å². The van der Waals surface area contributed by atoms with Gasteiger partial charge < -0.3 is 19.8 Å². The molecule has 1 spiro atoms. The van der Waals surface area contributed by atoms with E-state index in [0.29, 0.717) is 18.2 Å². The quantitative estimate of drug-likeness (QED) is 0.700. The SMILES string of the molecule is CC(=O)N1CCC2(CC1)CC(CC(=O)N1CCN(C)CC1)c1ccccc12.O=C(O)C(F)(F)F. The molecule has 2 saturated heterocycles. The number of fused-ring (bicyclic) bond motifs is 2. The number of likely N-dealkylation sites (N-methyl/N-ethyl adjacent to an activating group) is 1. The third-order valence-corrected chi connectivity index (χ3v) is 7.29. The number of carbonyl (C=O) groups excluding carboxylic acids is 2. The number of hydrogen-bond acceptors (Lipinski definition) is 4. The standard InChI is InChI=1S/C22H31N3O2.C2HF3O2/c1-17(26)24-9-7-22(8-10-24)16-18(19-5-3-4-6-20(19)22)15-21(27)25-13-11-23(2)12-14-25;3-2(4,5)1(6)7/h3-6,18H,7-16H2,1-2H3;(H,6,7). The van der Waals surface area contributed by atoms with E-state index in [4.69, 9.17) is 9.90 Å². The predicted octanol–water partition coefficient (Wildman–Crippen LogP) is 2.85. The summed E-state index contributed by atoms with van der Waals surface area (Å²) >= 11 is 0. The molecule has 0 radical (unpaired) electrons. The number of rotatable bonds is 2. The van der Waals surface area contributed by atoms with E-state index < -0.39 is 12.1 Å². The smallest absolute Gasteiger partial charge is 0.475 e. The average Bonchev–Trinajstić information content (AvgIpc) is 3.07. The molecule has 7 nitrogen and oxygen atoms in total. The van der Waals surface area contributed by atoms with Crippen molar-refractivity contribution in [1.82, 2.24) is 14.7 Å². The van der Waals surface area contributed by atoms with Crippen LogP contribution >= 0.6 is 0 Å². The first-order valence-electron chi connectivity index (χ1n) is 11.5. The average molecular weight is 484 g/mol. The minimum absolute atomic E-state index is 0.148. The van der Waals surface area contributed by atoms with Gasteiger partial charge in [-0.3, -0.25) is 9.59 Å². The largest absolute Gasteiger partial charge is 0.490 e. The number of likely N-dealkylation sites (tertiary alicyclic amines) is 1. The van der Waals surface area contributed by atoms with Crippen molar-refractivity contribution in [2.75, 3.05) is 46.3 Å². The van der Waals surface area contributed by atoms with Crippen molar-refractivity contribution in [3.05, 3.63) is 35.4 Å². The maximum atomic E-state index is 12.9. The van der Waals surface area contributed by atoms with Crippen LogP contribution in [0.25, 0.3) is 0 Å². The second-order valence-electron chi connectivity index (χ2n) is 9.47. The highest BCUT2D eigenvalue weighted by Crippen LogP contribution is 2.52. The Labute approximate surface area is 197 Å². The molecule has 0 saturated carbocycles. The van der Waals surface area contributed by atoms with E-state index in [1.165, 1.54) is 11.1 Å². The Hall–Kier alpha value is -2.62. The fraction of sp³-hybridized carbons (Fsp3) is 0.625. The number of carbonyl (C=O) groups is 3. The van der Waals surface area contributed by atoms with E-state index in [2.05, 4.69) is 36.2 Å². The summed E-state index contributed by atoms with van der Waals surface area (Å²) in [5.74, 6) is -1.95. The van der Waals surface area contributed by atoms with Crippen LogP contribution in [0.15, 0.2) is 24.3 Å². The molecule has 2 heterocycles. The van der Waals surface area contributed by atoms with Gasteiger partial charge in [-0.15, -0.1) is 0 Å². The van der Waals surface area contributed by atoms with Gasteiger partial charge in [-0.05, 0) is 48.8 Å². The number of carboxylic acid groups (broad SMARTS) is 1. The molecule has 0 bridgehead atoms. The summed E-state index contributed by atoms with van der Waals surface area (Å²) in [4.78, 5) is 39.9. The molecule has 1 aromatic rings. The number of aliphatic carboxylic acids is 1. The van der Waals surface area contributed by atoms with Gasteiger partial charge in [-0.25, -0.2) is 4.79 Å². The molecule has 2 fully saturated rings. The van der Waals surface area contributed by atoms with Gasteiger partial charge in [-0.2, -0.15) is 13.2 Å². The molecule has 1 aromatic carbocycles. The van der Waals surface area contributed by atoms with Crippen LogP contribution in [0.4, 0.5) is 13.2 Å². The Morgan fingerprint density at radius 1 is 1.00 bits per heavy atom. The van der Waals surface area contributed by atoms with Crippen molar-refractivity contribution in [1.29, 1.82) is 0 Å². The van der Waals surface area contributed by atoms with Crippen LogP contribution in [0, 0.1) is 0 Å². The number of piperazine rings is 1. The zero-order valence-electron chi connectivity index (χ0n) is 19.6. The molecule has 2 aliphatic heterocycles. The monoisotopic (exact) mass is 483 g/mol. The first kappa shape index (κ1) is 26.0. The summed E-state index contributed by atoms with van der Waals surface area (Å²) in [5, 5.41) is 7.12. The number of hydrogen-bond donors (Lipinski definition) is 1. The van der Waals surface area contributed by atoms with E-state index >= 15 is 0 Å². The maximum absolute atomic E-state index is 12.9. The van der Waals surface area contributed by atoms with Gasteiger partial charge in [0.25, 0.3) is 0 Å². The van der Waals surface area contributed by atoms with Crippen molar-refractivity contribution in [3.63, 3.8) is 0 Å². The summed E-state index contributed by atoms with van der Waals surface area (Å²) in [7, 11) is 2.12. The first-order chi connectivity index (χ1) is 15.9. The summed E-state index contributed by atoms with van der Waals surface area (Å²) in [6, 6.07) is 8.72. The first-order valence-corrected chi connectivity index (χ1v) is 11.5. The Morgan fingerprint density at radius 3 is 2.09 bits per heavy atom. The van der Waals surface area contributed by atoms with Gasteiger partial charge >= 0.3 is 12.1 Å². The molecule has 4 rings (SSSR count). The fourth-order valence-corrected chi connectivity index (χ4v) is 5.33. The third-order valence-electron chi connectivity index (χ3n) is 7.29. The molecule has 0 aromatic heterocycles. The molecule has 188 valence electrons. The highest BCUT2D eigenvalue weighted by molar-refractivity contribution is 5.78. The van der Waals surface area contributed by atoms with E-state index in [1.807, 2.05) is 9.80 Å². The number of piperidine rings is 1. The second-order valence-corrected chi connectivity index (χ2v) is 9.47. The summed E-state index contributed by atoms with van der Waals surface area (Å²) in [6.45, 7) is 6.98. The van der Waals surface area contributed by atoms with E-state index in [9.17, 15) is 22.8 Å². The lowest BCUT2D eigenvalue weighted by atomic mass is 9.73. The second kappa shape index (κ2) is 10.3. The number of nitrogens with zero attached hydrogens (tertiary/aromatic N) is 3. The Bertz CT molecular complexity index is 905. The maximum Gasteiger partial charge on any atom is 0.490 e. The zero-order chi connectivity index (χ0) is 25.1. The molecular weight excluding hydrogens is 451 g/mol. The fourth-order valence-electron chi connectivity index (χ4n) is 5.33. The summed E-state index contributed by atoms with van der Waals surface area (Å²) in [5.41, 5.74) is 2.95. The van der Waals surface area contributed by atoms with Crippen molar-refractivity contribution >= 4 is 17.8 Å². The molecule has 3 aliphatic rings.